The largest absolute Gasteiger partial charge is 0.623 e. The minimum Gasteiger partial charge on any atom is -0.623 e. The first kappa shape index (κ1) is 41.2. The van der Waals surface area contributed by atoms with Gasteiger partial charge in [0.05, 0.1) is 0 Å². The third-order valence-corrected chi connectivity index (χ3v) is 3.27. The molecule has 0 amide bonds. The fourth-order valence-electron chi connectivity index (χ4n) is 1.34. The molecule has 1 rings (SSSR count). The van der Waals surface area contributed by atoms with E-state index in [0.29, 0.717) is 5.69 Å². The Bertz CT molecular complexity index is 1000. The number of nitrogens with zero attached hydrogens (tertiary/aromatic N) is 2. The molecule has 7 nitrogen and oxygen atoms in total. The van der Waals surface area contributed by atoms with Gasteiger partial charge in [-0.1, -0.05) is 6.07 Å². The summed E-state index contributed by atoms with van der Waals surface area (Å²) in [5.41, 5.74) is 0.282. The van der Waals surface area contributed by atoms with Crippen LogP contribution in [0.2, 0.25) is 0 Å². The Kier molecular flexibility index (Phi) is 15.9. The van der Waals surface area contributed by atoms with Crippen LogP contribution in [-0.4, -0.2) is 68.0 Å². The number of rotatable bonds is 3. The van der Waals surface area contributed by atoms with Crippen LogP contribution in [-0.2, 0) is 26.4 Å². The van der Waals surface area contributed by atoms with Gasteiger partial charge in [0.2, 0.25) is 17.7 Å². The molecule has 0 spiro atoms. The van der Waals surface area contributed by atoms with Crippen molar-refractivity contribution in [3.05, 3.63) is 59.0 Å². The summed E-state index contributed by atoms with van der Waals surface area (Å²) in [6.07, 6.45) is -20.2. The zero-order valence-corrected chi connectivity index (χ0v) is 21.0. The molecule has 0 aliphatic heterocycles. The molecule has 40 heavy (non-hydrogen) atoms. The summed E-state index contributed by atoms with van der Waals surface area (Å²) in [6.45, 7) is 5.58. The van der Waals surface area contributed by atoms with Gasteiger partial charge in [-0.05, 0) is 12.1 Å². The smallest absolute Gasteiger partial charge is 0.454 e. The summed E-state index contributed by atoms with van der Waals surface area (Å²) in [4.78, 5) is 23.8. The molecule has 2 N–H and O–H groups in total. The average Bonchev–Trinajstić information content (AvgIpc) is 2.72. The number of halogens is 12. The van der Waals surface area contributed by atoms with Crippen LogP contribution in [0.4, 0.5) is 52.7 Å². The van der Waals surface area contributed by atoms with Gasteiger partial charge in [0.1, 0.15) is 5.69 Å². The van der Waals surface area contributed by atoms with Gasteiger partial charge < -0.3 is 15.4 Å². The van der Waals surface area contributed by atoms with Gasteiger partial charge in [0.15, 0.2) is 5.54 Å². The van der Waals surface area contributed by atoms with Crippen molar-refractivity contribution in [2.24, 2.45) is 0 Å². The van der Waals surface area contributed by atoms with E-state index >= 15 is 0 Å². The minimum absolute atomic E-state index is 0. The molecule has 0 bridgehead atoms. The van der Waals surface area contributed by atoms with Crippen molar-refractivity contribution in [1.82, 2.24) is 4.98 Å². The van der Waals surface area contributed by atoms with Crippen LogP contribution in [0, 0.1) is 5.21 Å². The van der Waals surface area contributed by atoms with Gasteiger partial charge in [0, 0.05) is 55.9 Å². The Hall–Kier alpha value is -3.29. The molecule has 231 valence electrons. The number of ketones is 2. The molecular weight excluding hydrogens is 635 g/mol. The van der Waals surface area contributed by atoms with E-state index in [1.165, 1.54) is 6.21 Å². The number of hydrogen-bond acceptors (Lipinski definition) is 6. The molecule has 1 radical (unpaired) electrons. The number of carbonyl (C=O) groups excluding carboxylic acids is 2. The molecule has 0 aliphatic carbocycles. The number of alkyl halides is 12. The van der Waals surface area contributed by atoms with Crippen LogP contribution in [0.5, 0.6) is 0 Å². The number of aliphatic hydroxyl groups is 2. The van der Waals surface area contributed by atoms with Gasteiger partial charge in [-0.25, -0.2) is 4.74 Å². The second-order valence-electron chi connectivity index (χ2n) is 7.66. The number of aromatic nitrogens is 1. The number of pyridine rings is 1. The van der Waals surface area contributed by atoms with Gasteiger partial charge >= 0.3 is 24.7 Å². The zero-order valence-electron chi connectivity index (χ0n) is 19.9. The van der Waals surface area contributed by atoms with Crippen molar-refractivity contribution in [3.8, 4) is 0 Å². The van der Waals surface area contributed by atoms with E-state index in [-0.39, 0.29) is 16.8 Å². The fourth-order valence-corrected chi connectivity index (χ4v) is 1.34. The van der Waals surface area contributed by atoms with Crippen molar-refractivity contribution >= 4 is 17.8 Å². The zero-order chi connectivity index (χ0) is 31.6. The molecule has 0 unspecified atom stereocenters. The Morgan fingerprint density at radius 3 is 1.32 bits per heavy atom. The molecule has 1 aromatic rings. The van der Waals surface area contributed by atoms with E-state index in [4.69, 9.17) is 10.2 Å². The van der Waals surface area contributed by atoms with Crippen molar-refractivity contribution in [2.45, 2.75) is 51.0 Å². The van der Waals surface area contributed by atoms with Crippen LogP contribution in [0.15, 0.2) is 48.1 Å². The molecular formula is C20H18CoF12N2O5. The van der Waals surface area contributed by atoms with Gasteiger partial charge in [0.25, 0.3) is 11.6 Å². The first-order valence-electron chi connectivity index (χ1n) is 9.50. The number of carbonyl (C=O) groups is 2. The Morgan fingerprint density at radius 2 is 1.10 bits per heavy atom. The maximum atomic E-state index is 11.5. The first-order chi connectivity index (χ1) is 17.1. The average molecular weight is 653 g/mol. The summed E-state index contributed by atoms with van der Waals surface area (Å²) in [5, 5.41) is 27.3. The quantitative estimate of drug-likeness (QED) is 0.0782. The van der Waals surface area contributed by atoms with Crippen molar-refractivity contribution in [1.29, 1.82) is 0 Å². The molecule has 0 fully saturated rings. The first-order valence-corrected chi connectivity index (χ1v) is 9.50. The van der Waals surface area contributed by atoms with E-state index in [1.54, 1.807) is 12.3 Å². The van der Waals surface area contributed by atoms with Gasteiger partial charge in [-0.15, -0.1) is 0 Å². The van der Waals surface area contributed by atoms with Gasteiger partial charge in [-0.2, -0.15) is 52.7 Å². The Balaban J connectivity index is -0.000000507. The summed E-state index contributed by atoms with van der Waals surface area (Å²) >= 11 is 0. The maximum absolute atomic E-state index is 11.5. The maximum Gasteiger partial charge on any atom is 0.454 e. The monoisotopic (exact) mass is 653 g/mol. The second-order valence-corrected chi connectivity index (χ2v) is 7.66. The van der Waals surface area contributed by atoms with E-state index < -0.39 is 65.5 Å². The van der Waals surface area contributed by atoms with Crippen molar-refractivity contribution in [3.63, 3.8) is 0 Å². The Labute approximate surface area is 227 Å². The van der Waals surface area contributed by atoms with Gasteiger partial charge in [-0.3, -0.25) is 14.6 Å². The Morgan fingerprint density at radius 1 is 0.750 bits per heavy atom. The molecule has 0 saturated heterocycles. The molecule has 0 aliphatic rings. The van der Waals surface area contributed by atoms with E-state index in [1.807, 2.05) is 32.9 Å². The SMILES string of the molecule is CC(C)(C)/[N+]([O-])=C/c1ccccn1.O=C(/C=C(\O)C(F)(F)F)C(F)(F)F.O=C(/C=C(\O)C(F)(F)F)C(F)(F)F.[Co]. The summed E-state index contributed by atoms with van der Waals surface area (Å²) in [6, 6.07) is 5.48. The van der Waals surface area contributed by atoms with Crippen LogP contribution in [0.3, 0.4) is 0 Å². The third kappa shape index (κ3) is 18.1. The number of allylic oxidation sites excluding steroid dienone is 4. The minimum atomic E-state index is -5.42. The standard InChI is InChI=1S/C10H14N2O.2C5H2F6O2.Co/c1-10(2,3)12(13)8-9-6-4-5-7-11-9;2*6-4(7,8)2(12)1-3(13)5(9,10)11;/h4-8H,1-3H3;2*1,12H;/b12-8-;2*2-1-;. The van der Waals surface area contributed by atoms with Crippen LogP contribution in [0.1, 0.15) is 26.5 Å². The van der Waals surface area contributed by atoms with E-state index in [9.17, 15) is 67.5 Å². The number of aliphatic hydroxyl groups excluding tert-OH is 2. The molecule has 0 aromatic carbocycles. The van der Waals surface area contributed by atoms with Crippen LogP contribution >= 0.6 is 0 Å². The number of hydrogen-bond donors (Lipinski definition) is 2. The third-order valence-electron chi connectivity index (χ3n) is 3.27. The topological polar surface area (TPSA) is 114 Å². The molecule has 20 heteroatoms. The predicted octanol–water partition coefficient (Wildman–Crippen LogP) is 6.05. The molecule has 1 heterocycles. The normalized spacial score (nSPS) is 13.6. The number of hydroxylamine groups is 1. The fraction of sp³-hybridized carbons (Fsp3) is 0.400. The van der Waals surface area contributed by atoms with Crippen LogP contribution in [0.25, 0.3) is 0 Å². The summed E-state index contributed by atoms with van der Waals surface area (Å²) in [5.74, 6) is -10.7. The summed E-state index contributed by atoms with van der Waals surface area (Å²) in [7, 11) is 0. The summed E-state index contributed by atoms with van der Waals surface area (Å²) < 4.78 is 137. The van der Waals surface area contributed by atoms with Crippen LogP contribution < -0.4 is 0 Å². The molecule has 0 atom stereocenters. The predicted molar refractivity (Wildman–Crippen MR) is 108 cm³/mol. The molecule has 0 saturated carbocycles. The van der Waals surface area contributed by atoms with Crippen molar-refractivity contribution < 1.29 is 94.0 Å². The second kappa shape index (κ2) is 15.5. The molecule has 1 aromatic heterocycles. The van der Waals surface area contributed by atoms with E-state index in [2.05, 4.69) is 4.98 Å². The van der Waals surface area contributed by atoms with E-state index in [0.717, 1.165) is 4.74 Å². The van der Waals surface area contributed by atoms with Crippen molar-refractivity contribution in [2.75, 3.05) is 0 Å².